The summed E-state index contributed by atoms with van der Waals surface area (Å²) < 4.78 is 7.61. The van der Waals surface area contributed by atoms with E-state index in [4.69, 9.17) is 4.74 Å². The number of hydrogen-bond donors (Lipinski definition) is 1. The molecule has 0 aliphatic carbocycles. The number of ether oxygens (including phenoxy) is 1. The molecule has 1 N–H and O–H groups in total. The molecule has 29 heavy (non-hydrogen) atoms. The number of hydrogen-bond acceptors (Lipinski definition) is 3. The molecule has 0 aliphatic rings. The van der Waals surface area contributed by atoms with E-state index in [1.807, 2.05) is 50.2 Å². The fourth-order valence-electron chi connectivity index (χ4n) is 2.75. The molecule has 0 bridgehead atoms. The van der Waals surface area contributed by atoms with Crippen LogP contribution in [0.25, 0.3) is 0 Å². The number of carbonyl (C=O) groups excluding carboxylic acids is 2. The predicted octanol–water partition coefficient (Wildman–Crippen LogP) is 4.84. The molecule has 0 fully saturated rings. The molecule has 2 aromatic rings. The van der Waals surface area contributed by atoms with Crippen molar-refractivity contribution in [3.05, 3.63) is 62.5 Å². The average Bonchev–Trinajstić information content (AvgIpc) is 2.70. The van der Waals surface area contributed by atoms with Crippen LogP contribution in [0.4, 0.5) is 0 Å². The third-order valence-electron chi connectivity index (χ3n) is 4.45. The highest BCUT2D eigenvalue weighted by atomic mass is 79.9. The lowest BCUT2D eigenvalue weighted by Crippen LogP contribution is -2.49. The number of carbonyl (C=O) groups is 2. The van der Waals surface area contributed by atoms with Crippen molar-refractivity contribution in [3.63, 3.8) is 0 Å². The first-order chi connectivity index (χ1) is 13.8. The van der Waals surface area contributed by atoms with Gasteiger partial charge in [-0.3, -0.25) is 9.59 Å². The number of nitrogens with zero attached hydrogens (tertiary/aromatic N) is 1. The number of nitrogens with one attached hydrogen (secondary N) is 1. The van der Waals surface area contributed by atoms with Crippen LogP contribution in [0.1, 0.15) is 31.4 Å². The van der Waals surface area contributed by atoms with E-state index in [0.29, 0.717) is 18.8 Å². The molecule has 2 aromatic carbocycles. The Bertz CT molecular complexity index is 858. The van der Waals surface area contributed by atoms with Gasteiger partial charge in [-0.15, -0.1) is 0 Å². The van der Waals surface area contributed by atoms with Gasteiger partial charge < -0.3 is 15.0 Å². The Morgan fingerprint density at radius 2 is 1.93 bits per heavy atom. The normalized spacial score (nSPS) is 11.6. The van der Waals surface area contributed by atoms with Gasteiger partial charge in [0.1, 0.15) is 11.8 Å². The Labute approximate surface area is 189 Å². The molecule has 0 spiro atoms. The second kappa shape index (κ2) is 11.4. The van der Waals surface area contributed by atoms with Crippen molar-refractivity contribution in [3.8, 4) is 5.75 Å². The summed E-state index contributed by atoms with van der Waals surface area (Å²) in [5.74, 6) is 0.198. The summed E-state index contributed by atoms with van der Waals surface area (Å²) in [4.78, 5) is 27.0. The van der Waals surface area contributed by atoms with Crippen molar-refractivity contribution in [1.29, 1.82) is 0 Å². The van der Waals surface area contributed by atoms with Crippen LogP contribution in [0.2, 0.25) is 0 Å². The second-order valence-electron chi connectivity index (χ2n) is 6.82. The van der Waals surface area contributed by atoms with E-state index < -0.39 is 6.04 Å². The zero-order chi connectivity index (χ0) is 21.4. The van der Waals surface area contributed by atoms with E-state index in [2.05, 4.69) is 37.2 Å². The van der Waals surface area contributed by atoms with Gasteiger partial charge in [0.15, 0.2) is 6.61 Å². The Hall–Kier alpha value is -1.86. The molecule has 0 heterocycles. The molecular formula is C22H26Br2N2O3. The number of benzene rings is 2. The van der Waals surface area contributed by atoms with Crippen molar-refractivity contribution >= 4 is 43.7 Å². The van der Waals surface area contributed by atoms with Gasteiger partial charge in [-0.05, 0) is 61.7 Å². The molecule has 1 atom stereocenters. The average molecular weight is 526 g/mol. The third kappa shape index (κ3) is 7.16. The zero-order valence-electron chi connectivity index (χ0n) is 16.9. The van der Waals surface area contributed by atoms with E-state index >= 15 is 0 Å². The van der Waals surface area contributed by atoms with Crippen LogP contribution in [-0.2, 0) is 16.1 Å². The zero-order valence-corrected chi connectivity index (χ0v) is 20.0. The fraction of sp³-hybridized carbons (Fsp3) is 0.364. The maximum Gasteiger partial charge on any atom is 0.261 e. The summed E-state index contributed by atoms with van der Waals surface area (Å²) in [5.41, 5.74) is 1.95. The van der Waals surface area contributed by atoms with E-state index in [1.165, 1.54) is 0 Å². The topological polar surface area (TPSA) is 58.6 Å². The molecule has 0 saturated carbocycles. The van der Waals surface area contributed by atoms with Gasteiger partial charge in [0.25, 0.3) is 5.91 Å². The maximum absolute atomic E-state index is 13.0. The summed E-state index contributed by atoms with van der Waals surface area (Å²) in [7, 11) is 0. The summed E-state index contributed by atoms with van der Waals surface area (Å²) >= 11 is 6.90. The highest BCUT2D eigenvalue weighted by Crippen LogP contribution is 2.22. The minimum Gasteiger partial charge on any atom is -0.484 e. The van der Waals surface area contributed by atoms with Crippen LogP contribution in [0.3, 0.4) is 0 Å². The summed E-state index contributed by atoms with van der Waals surface area (Å²) in [6.45, 7) is 6.45. The van der Waals surface area contributed by atoms with E-state index in [0.717, 1.165) is 26.5 Å². The smallest absolute Gasteiger partial charge is 0.261 e. The van der Waals surface area contributed by atoms with Gasteiger partial charge in [-0.2, -0.15) is 0 Å². The van der Waals surface area contributed by atoms with Crippen molar-refractivity contribution < 1.29 is 14.3 Å². The van der Waals surface area contributed by atoms with Crippen molar-refractivity contribution in [2.75, 3.05) is 13.2 Å². The Morgan fingerprint density at radius 3 is 2.59 bits per heavy atom. The first-order valence-corrected chi connectivity index (χ1v) is 11.1. The summed E-state index contributed by atoms with van der Waals surface area (Å²) in [6.07, 6.45) is 0.837. The molecule has 7 heteroatoms. The van der Waals surface area contributed by atoms with Crippen LogP contribution in [0, 0.1) is 6.92 Å². The van der Waals surface area contributed by atoms with Gasteiger partial charge in [0.2, 0.25) is 5.91 Å². The van der Waals surface area contributed by atoms with Crippen LogP contribution >= 0.6 is 31.9 Å². The third-order valence-corrected chi connectivity index (χ3v) is 5.83. The van der Waals surface area contributed by atoms with E-state index in [1.54, 1.807) is 17.9 Å². The standard InChI is InChI=1S/C22H26Br2N2O3/c1-4-10-25-22(28)16(3)26(13-17-6-5-7-18(23)12-17)21(27)14-29-19-8-9-20(24)15(2)11-19/h5-9,11-12,16H,4,10,13-14H2,1-3H3,(H,25,28)/t16-/m0/s1. The van der Waals surface area contributed by atoms with Crippen molar-refractivity contribution in [1.82, 2.24) is 10.2 Å². The Balaban J connectivity index is 2.14. The molecule has 5 nitrogen and oxygen atoms in total. The molecule has 0 radical (unpaired) electrons. The second-order valence-corrected chi connectivity index (χ2v) is 8.59. The predicted molar refractivity (Wildman–Crippen MR) is 122 cm³/mol. The van der Waals surface area contributed by atoms with Crippen molar-refractivity contribution in [2.24, 2.45) is 0 Å². The molecule has 0 saturated heterocycles. The number of amides is 2. The highest BCUT2D eigenvalue weighted by Gasteiger charge is 2.26. The van der Waals surface area contributed by atoms with Gasteiger partial charge in [0.05, 0.1) is 0 Å². The molecule has 156 valence electrons. The first-order valence-electron chi connectivity index (χ1n) is 9.52. The monoisotopic (exact) mass is 524 g/mol. The Kier molecular flexibility index (Phi) is 9.17. The summed E-state index contributed by atoms with van der Waals surface area (Å²) in [6, 6.07) is 12.7. The molecular weight excluding hydrogens is 500 g/mol. The lowest BCUT2D eigenvalue weighted by molar-refractivity contribution is -0.142. The number of halogens is 2. The number of rotatable bonds is 9. The first kappa shape index (κ1) is 23.4. The van der Waals surface area contributed by atoms with Crippen LogP contribution in [0.5, 0.6) is 5.75 Å². The lowest BCUT2D eigenvalue weighted by Gasteiger charge is -2.28. The minimum atomic E-state index is -0.608. The van der Waals surface area contributed by atoms with Gasteiger partial charge in [0, 0.05) is 22.0 Å². The summed E-state index contributed by atoms with van der Waals surface area (Å²) in [5, 5.41) is 2.86. The highest BCUT2D eigenvalue weighted by molar-refractivity contribution is 9.10. The number of aryl methyl sites for hydroxylation is 1. The molecule has 2 rings (SSSR count). The van der Waals surface area contributed by atoms with Gasteiger partial charge in [-0.1, -0.05) is 50.9 Å². The van der Waals surface area contributed by atoms with Crippen LogP contribution in [0.15, 0.2) is 51.4 Å². The fourth-order valence-corrected chi connectivity index (χ4v) is 3.44. The largest absolute Gasteiger partial charge is 0.484 e. The Morgan fingerprint density at radius 1 is 1.17 bits per heavy atom. The molecule has 0 unspecified atom stereocenters. The SMILES string of the molecule is CCCNC(=O)[C@H](C)N(Cc1cccc(Br)c1)C(=O)COc1ccc(Br)c(C)c1. The van der Waals surface area contributed by atoms with Crippen LogP contribution < -0.4 is 10.1 Å². The molecule has 0 aliphatic heterocycles. The van der Waals surface area contributed by atoms with E-state index in [9.17, 15) is 9.59 Å². The molecule has 0 aromatic heterocycles. The van der Waals surface area contributed by atoms with Gasteiger partial charge >= 0.3 is 0 Å². The van der Waals surface area contributed by atoms with E-state index in [-0.39, 0.29) is 18.4 Å². The van der Waals surface area contributed by atoms with Gasteiger partial charge in [-0.25, -0.2) is 0 Å². The lowest BCUT2D eigenvalue weighted by atomic mass is 10.1. The van der Waals surface area contributed by atoms with Crippen molar-refractivity contribution in [2.45, 2.75) is 39.8 Å². The quantitative estimate of drug-likeness (QED) is 0.509. The molecule has 2 amide bonds. The minimum absolute atomic E-state index is 0.138. The van der Waals surface area contributed by atoms with Crippen LogP contribution in [-0.4, -0.2) is 35.9 Å². The maximum atomic E-state index is 13.0.